The van der Waals surface area contributed by atoms with Crippen molar-refractivity contribution in [3.05, 3.63) is 60.3 Å². The highest BCUT2D eigenvalue weighted by Gasteiger charge is 2.28. The van der Waals surface area contributed by atoms with Crippen LogP contribution in [0.5, 0.6) is 0 Å². The van der Waals surface area contributed by atoms with E-state index in [0.717, 1.165) is 24.1 Å². The molecular formula is C23H28N6O2. The summed E-state index contributed by atoms with van der Waals surface area (Å²) in [6, 6.07) is 8.03. The molecule has 1 aliphatic heterocycles. The van der Waals surface area contributed by atoms with Crippen LogP contribution in [0.1, 0.15) is 35.2 Å². The van der Waals surface area contributed by atoms with Gasteiger partial charge >= 0.3 is 0 Å². The monoisotopic (exact) mass is 420 g/mol. The predicted octanol–water partition coefficient (Wildman–Crippen LogP) is 2.64. The Kier molecular flexibility index (Phi) is 6.45. The van der Waals surface area contributed by atoms with Gasteiger partial charge in [0.25, 0.3) is 5.91 Å². The van der Waals surface area contributed by atoms with Gasteiger partial charge in [0, 0.05) is 50.6 Å². The van der Waals surface area contributed by atoms with Gasteiger partial charge < -0.3 is 14.8 Å². The summed E-state index contributed by atoms with van der Waals surface area (Å²) in [4.78, 5) is 31.4. The summed E-state index contributed by atoms with van der Waals surface area (Å²) < 4.78 is 1.93. The SMILES string of the molecule is Cc1ccc(-c2[nH]ncc2C(=O)N2CCC[C@H](CC(=O)NCCn3ccnc3)C2)cc1. The summed E-state index contributed by atoms with van der Waals surface area (Å²) in [5.41, 5.74) is 3.43. The van der Waals surface area contributed by atoms with Crippen LogP contribution in [0, 0.1) is 12.8 Å². The largest absolute Gasteiger partial charge is 0.354 e. The van der Waals surface area contributed by atoms with E-state index in [1.54, 1.807) is 18.7 Å². The highest BCUT2D eigenvalue weighted by Crippen LogP contribution is 2.26. The lowest BCUT2D eigenvalue weighted by atomic mass is 9.93. The number of aromatic amines is 1. The Bertz CT molecular complexity index is 1010. The maximum atomic E-state index is 13.2. The first-order valence-electron chi connectivity index (χ1n) is 10.7. The van der Waals surface area contributed by atoms with Gasteiger partial charge in [-0.25, -0.2) is 4.98 Å². The molecule has 1 atom stereocenters. The Balaban J connectivity index is 1.33. The zero-order valence-electron chi connectivity index (χ0n) is 17.8. The summed E-state index contributed by atoms with van der Waals surface area (Å²) >= 11 is 0. The normalized spacial score (nSPS) is 16.3. The topological polar surface area (TPSA) is 95.9 Å². The minimum atomic E-state index is -0.0328. The number of aromatic nitrogens is 4. The summed E-state index contributed by atoms with van der Waals surface area (Å²) in [5.74, 6) is 0.165. The van der Waals surface area contributed by atoms with Gasteiger partial charge in [0.05, 0.1) is 23.8 Å². The number of hydrogen-bond donors (Lipinski definition) is 2. The number of nitrogens with one attached hydrogen (secondary N) is 2. The van der Waals surface area contributed by atoms with Crippen molar-refractivity contribution in [2.24, 2.45) is 5.92 Å². The first-order valence-corrected chi connectivity index (χ1v) is 10.7. The third-order valence-electron chi connectivity index (χ3n) is 5.74. The van der Waals surface area contributed by atoms with Crippen molar-refractivity contribution in [2.75, 3.05) is 19.6 Å². The molecule has 3 heterocycles. The van der Waals surface area contributed by atoms with Crippen molar-refractivity contribution in [2.45, 2.75) is 32.7 Å². The van der Waals surface area contributed by atoms with Gasteiger partial charge in [-0.15, -0.1) is 0 Å². The third-order valence-corrected chi connectivity index (χ3v) is 5.74. The number of H-pyrrole nitrogens is 1. The molecule has 162 valence electrons. The number of benzene rings is 1. The smallest absolute Gasteiger partial charge is 0.257 e. The fraction of sp³-hybridized carbons (Fsp3) is 0.391. The molecule has 2 amide bonds. The van der Waals surface area contributed by atoms with Crippen LogP contribution >= 0.6 is 0 Å². The molecule has 0 aliphatic carbocycles. The Hall–Kier alpha value is -3.42. The highest BCUT2D eigenvalue weighted by atomic mass is 16.2. The number of nitrogens with zero attached hydrogens (tertiary/aromatic N) is 4. The zero-order chi connectivity index (χ0) is 21.6. The van der Waals surface area contributed by atoms with E-state index in [9.17, 15) is 9.59 Å². The Labute approximate surface area is 181 Å². The fourth-order valence-electron chi connectivity index (χ4n) is 4.05. The van der Waals surface area contributed by atoms with Gasteiger partial charge in [-0.05, 0) is 25.7 Å². The van der Waals surface area contributed by atoms with E-state index in [1.807, 2.05) is 46.9 Å². The van der Waals surface area contributed by atoms with E-state index in [4.69, 9.17) is 0 Å². The molecule has 3 aromatic rings. The van der Waals surface area contributed by atoms with E-state index in [0.29, 0.717) is 38.2 Å². The van der Waals surface area contributed by atoms with Gasteiger partial charge in [-0.2, -0.15) is 5.10 Å². The minimum Gasteiger partial charge on any atom is -0.354 e. The average Bonchev–Trinajstić information content (AvgIpc) is 3.46. The van der Waals surface area contributed by atoms with Crippen LogP contribution in [0.3, 0.4) is 0 Å². The fourth-order valence-corrected chi connectivity index (χ4v) is 4.05. The first kappa shape index (κ1) is 20.8. The molecule has 31 heavy (non-hydrogen) atoms. The number of aryl methyl sites for hydroxylation is 1. The molecule has 1 saturated heterocycles. The molecule has 2 aromatic heterocycles. The molecule has 1 fully saturated rings. The van der Waals surface area contributed by atoms with Crippen molar-refractivity contribution in [3.8, 4) is 11.3 Å². The van der Waals surface area contributed by atoms with Gasteiger partial charge in [-0.3, -0.25) is 14.7 Å². The lowest BCUT2D eigenvalue weighted by Gasteiger charge is -2.32. The zero-order valence-corrected chi connectivity index (χ0v) is 17.8. The summed E-state index contributed by atoms with van der Waals surface area (Å²) in [6.45, 7) is 4.59. The molecule has 0 saturated carbocycles. The van der Waals surface area contributed by atoms with Crippen LogP contribution in [-0.4, -0.2) is 56.1 Å². The molecule has 1 aromatic carbocycles. The van der Waals surface area contributed by atoms with Crippen molar-refractivity contribution in [3.63, 3.8) is 0 Å². The first-order chi connectivity index (χ1) is 15.1. The quantitative estimate of drug-likeness (QED) is 0.614. The minimum absolute atomic E-state index is 0.0306. The van der Waals surface area contributed by atoms with Crippen LogP contribution in [0.25, 0.3) is 11.3 Å². The van der Waals surface area contributed by atoms with Crippen LogP contribution in [0.2, 0.25) is 0 Å². The van der Waals surface area contributed by atoms with Gasteiger partial charge in [0.1, 0.15) is 0 Å². The van der Waals surface area contributed by atoms with Crippen molar-refractivity contribution in [1.29, 1.82) is 0 Å². The van der Waals surface area contributed by atoms with Crippen molar-refractivity contribution in [1.82, 2.24) is 30.0 Å². The highest BCUT2D eigenvalue weighted by molar-refractivity contribution is 5.99. The van der Waals surface area contributed by atoms with E-state index >= 15 is 0 Å². The summed E-state index contributed by atoms with van der Waals surface area (Å²) in [5, 5.41) is 10.1. The van der Waals surface area contributed by atoms with Crippen molar-refractivity contribution >= 4 is 11.8 Å². The van der Waals surface area contributed by atoms with E-state index in [1.165, 1.54) is 5.56 Å². The molecule has 2 N–H and O–H groups in total. The van der Waals surface area contributed by atoms with E-state index in [-0.39, 0.29) is 17.7 Å². The molecule has 8 nitrogen and oxygen atoms in total. The van der Waals surface area contributed by atoms with Gasteiger partial charge in [0.2, 0.25) is 5.91 Å². The molecule has 8 heteroatoms. The van der Waals surface area contributed by atoms with Crippen LogP contribution < -0.4 is 5.32 Å². The van der Waals surface area contributed by atoms with Crippen LogP contribution in [0.15, 0.2) is 49.2 Å². The number of imidazole rings is 1. The number of hydrogen-bond acceptors (Lipinski definition) is 4. The second kappa shape index (κ2) is 9.59. The number of carbonyl (C=O) groups is 2. The Morgan fingerprint density at radius 1 is 1.26 bits per heavy atom. The molecular weight excluding hydrogens is 392 g/mol. The van der Waals surface area contributed by atoms with Gasteiger partial charge in [-0.1, -0.05) is 29.8 Å². The molecule has 0 bridgehead atoms. The van der Waals surface area contributed by atoms with E-state index in [2.05, 4.69) is 20.5 Å². The Morgan fingerprint density at radius 3 is 2.87 bits per heavy atom. The number of rotatable bonds is 7. The summed E-state index contributed by atoms with van der Waals surface area (Å²) in [6.07, 6.45) is 9.22. The number of piperidine rings is 1. The molecule has 4 rings (SSSR count). The maximum absolute atomic E-state index is 13.2. The lowest BCUT2D eigenvalue weighted by molar-refractivity contribution is -0.122. The second-order valence-electron chi connectivity index (χ2n) is 8.14. The molecule has 0 unspecified atom stereocenters. The number of likely N-dealkylation sites (tertiary alicyclic amines) is 1. The molecule has 0 radical (unpaired) electrons. The molecule has 0 spiro atoms. The number of amides is 2. The predicted molar refractivity (Wildman–Crippen MR) is 117 cm³/mol. The number of carbonyl (C=O) groups excluding carboxylic acids is 2. The van der Waals surface area contributed by atoms with E-state index < -0.39 is 0 Å². The Morgan fingerprint density at radius 2 is 2.10 bits per heavy atom. The van der Waals surface area contributed by atoms with Crippen molar-refractivity contribution < 1.29 is 9.59 Å². The summed E-state index contributed by atoms with van der Waals surface area (Å²) in [7, 11) is 0. The van der Waals surface area contributed by atoms with Gasteiger partial charge in [0.15, 0.2) is 0 Å². The lowest BCUT2D eigenvalue weighted by Crippen LogP contribution is -2.41. The maximum Gasteiger partial charge on any atom is 0.257 e. The molecule has 1 aliphatic rings. The standard InChI is InChI=1S/C23H28N6O2/c1-17-4-6-19(7-5-17)22-20(14-26-27-22)23(31)29-10-2-3-18(15-29)13-21(30)25-9-12-28-11-8-24-16-28/h4-8,11,14,16,18H,2-3,9-10,12-13,15H2,1H3,(H,25,30)(H,26,27)/t18-/m1/s1. The third kappa shape index (κ3) is 5.20. The van der Waals surface area contributed by atoms with Crippen LogP contribution in [-0.2, 0) is 11.3 Å². The van der Waals surface area contributed by atoms with Crippen LogP contribution in [0.4, 0.5) is 0 Å². The average molecular weight is 421 g/mol. The second-order valence-corrected chi connectivity index (χ2v) is 8.14.